The van der Waals surface area contributed by atoms with Gasteiger partial charge in [0.25, 0.3) is 0 Å². The number of Topliss-reactive ketones (excluding diaryl/α,β-unsaturated/α-hetero) is 1. The lowest BCUT2D eigenvalue weighted by Crippen LogP contribution is -2.45. The highest BCUT2D eigenvalue weighted by Crippen LogP contribution is 2.35. The zero-order valence-corrected chi connectivity index (χ0v) is 16.1. The number of ketones is 1. The van der Waals surface area contributed by atoms with Crippen molar-refractivity contribution in [2.24, 2.45) is 17.8 Å². The molecule has 0 bridgehead atoms. The molecule has 7 heteroatoms. The van der Waals surface area contributed by atoms with Crippen LogP contribution in [0.2, 0.25) is 0 Å². The SMILES string of the molecule is C[C@H]1[C@H](C)CCC[C@@H]1N1C[C@H](C(=O)OCC(=O)c2ccc(F)c(F)c2)CC1=O. The van der Waals surface area contributed by atoms with Crippen LogP contribution in [0.5, 0.6) is 0 Å². The van der Waals surface area contributed by atoms with Gasteiger partial charge in [-0.3, -0.25) is 14.4 Å². The first-order valence-electron chi connectivity index (χ1n) is 9.72. The van der Waals surface area contributed by atoms with Crippen LogP contribution in [-0.4, -0.2) is 41.8 Å². The maximum atomic E-state index is 13.2. The van der Waals surface area contributed by atoms with Crippen LogP contribution in [0.4, 0.5) is 8.78 Å². The number of halogens is 2. The number of carbonyl (C=O) groups excluding carboxylic acids is 3. The summed E-state index contributed by atoms with van der Waals surface area (Å²) in [5.41, 5.74) is -0.0687. The standard InChI is InChI=1S/C21H25F2NO4/c1-12-4-3-5-18(13(12)2)24-10-15(9-20(24)26)21(27)28-11-19(25)14-6-7-16(22)17(23)8-14/h6-8,12-13,15,18H,3-5,9-11H2,1-2H3/t12-,13+,15-,18+/m1/s1. The molecule has 1 aliphatic carbocycles. The molecular weight excluding hydrogens is 368 g/mol. The molecule has 2 aliphatic rings. The summed E-state index contributed by atoms with van der Waals surface area (Å²) < 4.78 is 31.2. The van der Waals surface area contributed by atoms with Crippen LogP contribution in [0.1, 0.15) is 49.9 Å². The second-order valence-electron chi connectivity index (χ2n) is 7.94. The van der Waals surface area contributed by atoms with Gasteiger partial charge in [-0.1, -0.05) is 26.7 Å². The first-order valence-corrected chi connectivity index (χ1v) is 9.72. The highest BCUT2D eigenvalue weighted by Gasteiger charge is 2.42. The molecule has 1 aromatic rings. The van der Waals surface area contributed by atoms with E-state index < -0.39 is 35.9 Å². The molecule has 1 heterocycles. The topological polar surface area (TPSA) is 63.7 Å². The third kappa shape index (κ3) is 4.23. The van der Waals surface area contributed by atoms with Crippen LogP contribution in [0.15, 0.2) is 18.2 Å². The highest BCUT2D eigenvalue weighted by molar-refractivity contribution is 5.98. The summed E-state index contributed by atoms with van der Waals surface area (Å²) in [6.45, 7) is 4.07. The summed E-state index contributed by atoms with van der Waals surface area (Å²) in [4.78, 5) is 38.6. The molecule has 28 heavy (non-hydrogen) atoms. The van der Waals surface area contributed by atoms with Crippen molar-refractivity contribution in [1.82, 2.24) is 4.90 Å². The number of ether oxygens (including phenoxy) is 1. The average molecular weight is 393 g/mol. The Labute approximate surface area is 163 Å². The van der Waals surface area contributed by atoms with E-state index in [9.17, 15) is 23.2 Å². The van der Waals surface area contributed by atoms with Crippen LogP contribution >= 0.6 is 0 Å². The Kier molecular flexibility index (Phi) is 6.10. The third-order valence-corrected chi connectivity index (χ3v) is 6.14. The first kappa shape index (κ1) is 20.4. The molecule has 0 spiro atoms. The number of rotatable bonds is 5. The van der Waals surface area contributed by atoms with Gasteiger partial charge in [0, 0.05) is 24.6 Å². The van der Waals surface area contributed by atoms with Crippen molar-refractivity contribution >= 4 is 17.7 Å². The highest BCUT2D eigenvalue weighted by atomic mass is 19.2. The summed E-state index contributed by atoms with van der Waals surface area (Å²) in [6.07, 6.45) is 3.23. The number of hydrogen-bond acceptors (Lipinski definition) is 4. The van der Waals surface area contributed by atoms with Gasteiger partial charge in [-0.2, -0.15) is 0 Å². The van der Waals surface area contributed by atoms with Gasteiger partial charge in [-0.05, 0) is 36.5 Å². The Morgan fingerprint density at radius 1 is 1.18 bits per heavy atom. The van der Waals surface area contributed by atoms with Crippen molar-refractivity contribution in [3.63, 3.8) is 0 Å². The van der Waals surface area contributed by atoms with Crippen LogP contribution in [0, 0.1) is 29.4 Å². The summed E-state index contributed by atoms with van der Waals surface area (Å²) in [5, 5.41) is 0. The maximum Gasteiger partial charge on any atom is 0.311 e. The number of likely N-dealkylation sites (tertiary alicyclic amines) is 1. The molecule has 1 aliphatic heterocycles. The van der Waals surface area contributed by atoms with Gasteiger partial charge < -0.3 is 9.64 Å². The normalized spacial score (nSPS) is 27.7. The molecule has 2 fully saturated rings. The van der Waals surface area contributed by atoms with Crippen molar-refractivity contribution in [2.45, 2.75) is 45.6 Å². The number of esters is 1. The fraction of sp³-hybridized carbons (Fsp3) is 0.571. The zero-order valence-electron chi connectivity index (χ0n) is 16.1. The molecule has 0 unspecified atom stereocenters. The van der Waals surface area contributed by atoms with Gasteiger partial charge in [0.2, 0.25) is 5.91 Å². The van der Waals surface area contributed by atoms with E-state index in [1.807, 2.05) is 0 Å². The summed E-state index contributed by atoms with van der Waals surface area (Å²) in [5.74, 6) is -3.16. The lowest BCUT2D eigenvalue weighted by molar-refractivity contribution is -0.147. The Morgan fingerprint density at radius 2 is 1.93 bits per heavy atom. The minimum absolute atomic E-state index is 0.0557. The van der Waals surface area contributed by atoms with Crippen molar-refractivity contribution in [1.29, 1.82) is 0 Å². The third-order valence-electron chi connectivity index (χ3n) is 6.14. The lowest BCUT2D eigenvalue weighted by atomic mass is 9.77. The smallest absolute Gasteiger partial charge is 0.311 e. The number of hydrogen-bond donors (Lipinski definition) is 0. The van der Waals surface area contributed by atoms with Gasteiger partial charge >= 0.3 is 5.97 Å². The Morgan fingerprint density at radius 3 is 2.64 bits per heavy atom. The monoisotopic (exact) mass is 393 g/mol. The molecule has 4 atom stereocenters. The van der Waals surface area contributed by atoms with E-state index in [0.717, 1.165) is 37.5 Å². The fourth-order valence-corrected chi connectivity index (χ4v) is 4.21. The van der Waals surface area contributed by atoms with Gasteiger partial charge in [-0.25, -0.2) is 8.78 Å². The van der Waals surface area contributed by atoms with E-state index in [0.29, 0.717) is 18.4 Å². The molecule has 1 saturated carbocycles. The maximum absolute atomic E-state index is 13.2. The van der Waals surface area contributed by atoms with Crippen molar-refractivity contribution < 1.29 is 27.9 Å². The van der Waals surface area contributed by atoms with Gasteiger partial charge in [0.1, 0.15) is 0 Å². The first-order chi connectivity index (χ1) is 13.3. The molecule has 152 valence electrons. The van der Waals surface area contributed by atoms with E-state index in [4.69, 9.17) is 4.74 Å². The molecule has 3 rings (SSSR count). The number of nitrogens with zero attached hydrogens (tertiary/aromatic N) is 1. The lowest BCUT2D eigenvalue weighted by Gasteiger charge is -2.39. The summed E-state index contributed by atoms with van der Waals surface area (Å²) >= 11 is 0. The molecule has 5 nitrogen and oxygen atoms in total. The Bertz CT molecular complexity index is 782. The minimum Gasteiger partial charge on any atom is -0.457 e. The molecular formula is C21H25F2NO4. The van der Waals surface area contributed by atoms with Gasteiger partial charge in [0.15, 0.2) is 24.0 Å². The zero-order chi connectivity index (χ0) is 20.4. The van der Waals surface area contributed by atoms with E-state index in [1.54, 1.807) is 4.90 Å². The molecule has 1 amide bonds. The van der Waals surface area contributed by atoms with Crippen molar-refractivity contribution in [2.75, 3.05) is 13.2 Å². The van der Waals surface area contributed by atoms with E-state index in [-0.39, 0.29) is 23.9 Å². The summed E-state index contributed by atoms with van der Waals surface area (Å²) in [6, 6.07) is 2.90. The van der Waals surface area contributed by atoms with Crippen molar-refractivity contribution in [3.05, 3.63) is 35.4 Å². The molecule has 1 aromatic carbocycles. The van der Waals surface area contributed by atoms with E-state index in [1.165, 1.54) is 0 Å². The number of carbonyl (C=O) groups is 3. The summed E-state index contributed by atoms with van der Waals surface area (Å²) in [7, 11) is 0. The quantitative estimate of drug-likeness (QED) is 0.568. The second-order valence-corrected chi connectivity index (χ2v) is 7.94. The van der Waals surface area contributed by atoms with Crippen LogP contribution in [0.25, 0.3) is 0 Å². The Hall–Kier alpha value is -2.31. The van der Waals surface area contributed by atoms with Gasteiger partial charge in [0.05, 0.1) is 5.92 Å². The molecule has 0 N–H and O–H groups in total. The number of benzene rings is 1. The second kappa shape index (κ2) is 8.37. The largest absolute Gasteiger partial charge is 0.457 e. The van der Waals surface area contributed by atoms with E-state index >= 15 is 0 Å². The minimum atomic E-state index is -1.13. The van der Waals surface area contributed by atoms with Crippen molar-refractivity contribution in [3.8, 4) is 0 Å². The van der Waals surface area contributed by atoms with Crippen LogP contribution in [-0.2, 0) is 14.3 Å². The van der Waals surface area contributed by atoms with Crippen LogP contribution in [0.3, 0.4) is 0 Å². The number of amides is 1. The Balaban J connectivity index is 1.55. The van der Waals surface area contributed by atoms with Gasteiger partial charge in [-0.15, -0.1) is 0 Å². The van der Waals surface area contributed by atoms with Crippen LogP contribution < -0.4 is 0 Å². The molecule has 1 saturated heterocycles. The van der Waals surface area contributed by atoms with E-state index in [2.05, 4.69) is 13.8 Å². The fourth-order valence-electron chi connectivity index (χ4n) is 4.21. The predicted molar refractivity (Wildman–Crippen MR) is 97.4 cm³/mol. The molecule has 0 radical (unpaired) electrons. The molecule has 0 aromatic heterocycles. The average Bonchev–Trinajstić information content (AvgIpc) is 3.05. The predicted octanol–water partition coefficient (Wildman–Crippen LogP) is 3.36.